The Morgan fingerprint density at radius 1 is 1.38 bits per heavy atom. The van der Waals surface area contributed by atoms with E-state index in [0.717, 1.165) is 24.2 Å². The minimum Gasteiger partial charge on any atom is -0.489 e. The molecule has 0 aliphatic heterocycles. The van der Waals surface area contributed by atoms with E-state index in [1.54, 1.807) is 16.8 Å². The van der Waals surface area contributed by atoms with Gasteiger partial charge in [0.15, 0.2) is 5.82 Å². The Hall–Kier alpha value is -2.25. The zero-order chi connectivity index (χ0) is 16.9. The molecular weight excluding hydrogens is 311 g/mol. The maximum Gasteiger partial charge on any atom is 0.181 e. The molecule has 0 radical (unpaired) electrons. The number of benzene rings is 1. The van der Waals surface area contributed by atoms with Gasteiger partial charge in [0.05, 0.1) is 19.5 Å². The van der Waals surface area contributed by atoms with Crippen molar-refractivity contribution in [3.63, 3.8) is 0 Å². The molecule has 0 spiro atoms. The van der Waals surface area contributed by atoms with Gasteiger partial charge in [0.2, 0.25) is 0 Å². The molecule has 3 N–H and O–H groups in total. The average molecular weight is 332 g/mol. The first-order valence-corrected chi connectivity index (χ1v) is 8.02. The van der Waals surface area contributed by atoms with Gasteiger partial charge in [0, 0.05) is 23.6 Å². The van der Waals surface area contributed by atoms with E-state index in [1.165, 1.54) is 0 Å². The van der Waals surface area contributed by atoms with Gasteiger partial charge in [0.25, 0.3) is 0 Å². The summed E-state index contributed by atoms with van der Waals surface area (Å²) in [6, 6.07) is 7.33. The van der Waals surface area contributed by atoms with Crippen LogP contribution in [0.3, 0.4) is 0 Å². The largest absolute Gasteiger partial charge is 0.489 e. The van der Waals surface area contributed by atoms with Crippen LogP contribution < -0.4 is 10.5 Å². The van der Waals surface area contributed by atoms with Crippen LogP contribution in [0, 0.1) is 0 Å². The van der Waals surface area contributed by atoms with Crippen molar-refractivity contribution in [3.05, 3.63) is 42.0 Å². The fourth-order valence-corrected chi connectivity index (χ4v) is 2.39. The molecule has 3 rings (SSSR count). The molecule has 1 saturated carbocycles. The predicted molar refractivity (Wildman–Crippen MR) is 88.3 cm³/mol. The molecule has 24 heavy (non-hydrogen) atoms. The molecule has 0 unspecified atom stereocenters. The van der Waals surface area contributed by atoms with Gasteiger partial charge in [-0.05, 0) is 37.1 Å². The number of halogens is 1. The fraction of sp³-hybridized carbons (Fsp3) is 0.412. The number of hydrogen-bond acceptors (Lipinski definition) is 5. The molecule has 2 aromatic rings. The number of aromatic nitrogens is 3. The summed E-state index contributed by atoms with van der Waals surface area (Å²) in [6.45, 7) is 0.755. The van der Waals surface area contributed by atoms with Crippen LogP contribution in [0.1, 0.15) is 24.6 Å². The van der Waals surface area contributed by atoms with Crippen LogP contribution in [0.2, 0.25) is 0 Å². The molecule has 1 fully saturated rings. The monoisotopic (exact) mass is 332 g/mol. The van der Waals surface area contributed by atoms with Crippen molar-refractivity contribution < 1.29 is 14.2 Å². The Balaban J connectivity index is 1.72. The molecule has 1 aromatic heterocycles. The molecule has 1 aromatic carbocycles. The van der Waals surface area contributed by atoms with Crippen molar-refractivity contribution in [2.45, 2.75) is 25.3 Å². The van der Waals surface area contributed by atoms with Gasteiger partial charge < -0.3 is 15.6 Å². The molecule has 1 aliphatic carbocycles. The van der Waals surface area contributed by atoms with E-state index in [0.29, 0.717) is 35.9 Å². The van der Waals surface area contributed by atoms with Crippen LogP contribution in [-0.4, -0.2) is 39.6 Å². The quantitative estimate of drug-likeness (QED) is 0.772. The van der Waals surface area contributed by atoms with Crippen molar-refractivity contribution in [1.29, 1.82) is 0 Å². The Morgan fingerprint density at radius 2 is 2.12 bits per heavy atom. The normalized spacial score (nSPS) is 14.9. The summed E-state index contributed by atoms with van der Waals surface area (Å²) in [5, 5.41) is 13.7. The smallest absolute Gasteiger partial charge is 0.181 e. The maximum atomic E-state index is 12.5. The van der Waals surface area contributed by atoms with E-state index >= 15 is 0 Å². The minimum atomic E-state index is 0.0425. The molecule has 0 bridgehead atoms. The molecule has 0 saturated heterocycles. The van der Waals surface area contributed by atoms with Crippen LogP contribution in [0.4, 0.5) is 4.39 Å². The number of rotatable bonds is 8. The van der Waals surface area contributed by atoms with Crippen LogP contribution in [-0.2, 0) is 6.54 Å². The summed E-state index contributed by atoms with van der Waals surface area (Å²) < 4.78 is 19.7. The van der Waals surface area contributed by atoms with Gasteiger partial charge in [-0.1, -0.05) is 0 Å². The van der Waals surface area contributed by atoms with E-state index in [9.17, 15) is 4.39 Å². The summed E-state index contributed by atoms with van der Waals surface area (Å²) in [5.74, 6) is 2.68. The van der Waals surface area contributed by atoms with E-state index in [2.05, 4.69) is 10.1 Å². The summed E-state index contributed by atoms with van der Waals surface area (Å²) in [7, 11) is 0. The highest BCUT2D eigenvalue weighted by molar-refractivity contribution is 5.56. The molecule has 1 heterocycles. The van der Waals surface area contributed by atoms with Crippen molar-refractivity contribution in [1.82, 2.24) is 14.8 Å². The van der Waals surface area contributed by atoms with E-state index in [4.69, 9.17) is 15.6 Å². The van der Waals surface area contributed by atoms with Crippen LogP contribution >= 0.6 is 0 Å². The summed E-state index contributed by atoms with van der Waals surface area (Å²) in [5.41, 5.74) is 6.67. The first-order valence-electron chi connectivity index (χ1n) is 8.02. The molecule has 0 atom stereocenters. The zero-order valence-corrected chi connectivity index (χ0v) is 13.4. The van der Waals surface area contributed by atoms with Crippen molar-refractivity contribution in [3.8, 4) is 17.1 Å². The zero-order valence-electron chi connectivity index (χ0n) is 13.4. The number of nitrogens with zero attached hydrogens (tertiary/aromatic N) is 3. The van der Waals surface area contributed by atoms with Gasteiger partial charge in [0.1, 0.15) is 18.2 Å². The highest BCUT2D eigenvalue weighted by Crippen LogP contribution is 2.39. The van der Waals surface area contributed by atoms with Gasteiger partial charge in [-0.3, -0.25) is 0 Å². The minimum absolute atomic E-state index is 0.0425. The molecule has 1 aliphatic rings. The van der Waals surface area contributed by atoms with Gasteiger partial charge in [-0.2, -0.15) is 5.10 Å². The lowest BCUT2D eigenvalue weighted by Crippen LogP contribution is -2.10. The fourth-order valence-electron chi connectivity index (χ4n) is 2.39. The topological polar surface area (TPSA) is 86.2 Å². The highest BCUT2D eigenvalue weighted by Gasteiger charge is 2.29. The number of hydrogen-bond donors (Lipinski definition) is 2. The number of aliphatic hydroxyl groups excluding tert-OH is 1. The number of aliphatic hydroxyl groups is 1. The summed E-state index contributed by atoms with van der Waals surface area (Å²) in [6.07, 6.45) is 2.73. The predicted octanol–water partition coefficient (Wildman–Crippen LogP) is 2.01. The SMILES string of the molecule is NC/C(=C\F)COc1ccc(-c2nc(C3CC3)n(CCO)n2)cc1. The van der Waals surface area contributed by atoms with Crippen LogP contribution in [0.25, 0.3) is 11.4 Å². The van der Waals surface area contributed by atoms with Gasteiger partial charge in [-0.25, -0.2) is 14.1 Å². The average Bonchev–Trinajstić information content (AvgIpc) is 3.37. The summed E-state index contributed by atoms with van der Waals surface area (Å²) >= 11 is 0. The third-order valence-electron chi connectivity index (χ3n) is 3.91. The van der Waals surface area contributed by atoms with Gasteiger partial charge >= 0.3 is 0 Å². The molecule has 0 amide bonds. The van der Waals surface area contributed by atoms with E-state index in [1.807, 2.05) is 12.1 Å². The highest BCUT2D eigenvalue weighted by atomic mass is 19.1. The first kappa shape index (κ1) is 16.6. The molecule has 6 nitrogen and oxygen atoms in total. The molecule has 128 valence electrons. The third-order valence-corrected chi connectivity index (χ3v) is 3.91. The summed E-state index contributed by atoms with van der Waals surface area (Å²) in [4.78, 5) is 4.62. The lowest BCUT2D eigenvalue weighted by atomic mass is 10.2. The first-order chi connectivity index (χ1) is 11.7. The lowest BCUT2D eigenvalue weighted by Gasteiger charge is -2.07. The molecule has 7 heteroatoms. The van der Waals surface area contributed by atoms with E-state index in [-0.39, 0.29) is 19.8 Å². The second-order valence-corrected chi connectivity index (χ2v) is 5.80. The Kier molecular flexibility index (Phi) is 5.22. The second-order valence-electron chi connectivity index (χ2n) is 5.80. The van der Waals surface area contributed by atoms with Crippen molar-refractivity contribution in [2.24, 2.45) is 5.73 Å². The molecular formula is C17H21FN4O2. The number of nitrogens with two attached hydrogens (primary N) is 1. The van der Waals surface area contributed by atoms with E-state index < -0.39 is 0 Å². The lowest BCUT2D eigenvalue weighted by molar-refractivity contribution is 0.267. The Labute approximate surface area is 139 Å². The standard InChI is InChI=1S/C17H21FN4O2/c18-9-12(10-19)11-24-15-5-3-13(4-6-15)16-20-17(14-1-2-14)22(21-16)7-8-23/h3-6,9,14,23H,1-2,7-8,10-11,19H2/b12-9+. The van der Waals surface area contributed by atoms with Gasteiger partial charge in [-0.15, -0.1) is 0 Å². The Morgan fingerprint density at radius 3 is 2.71 bits per heavy atom. The van der Waals surface area contributed by atoms with Crippen molar-refractivity contribution in [2.75, 3.05) is 19.8 Å². The Bertz CT molecular complexity index is 708. The van der Waals surface area contributed by atoms with Crippen molar-refractivity contribution >= 4 is 0 Å². The second kappa shape index (κ2) is 7.55. The maximum absolute atomic E-state index is 12.5. The van der Waals surface area contributed by atoms with Crippen LogP contribution in [0.5, 0.6) is 5.75 Å². The number of ether oxygens (including phenoxy) is 1. The third kappa shape index (κ3) is 3.80. The van der Waals surface area contributed by atoms with Crippen LogP contribution in [0.15, 0.2) is 36.2 Å².